The van der Waals surface area contributed by atoms with Gasteiger partial charge in [0.25, 0.3) is 5.91 Å². The van der Waals surface area contributed by atoms with Gasteiger partial charge < -0.3 is 20.1 Å². The molecule has 1 fully saturated rings. The number of carbonyl (C=O) groups is 3. The van der Waals surface area contributed by atoms with Crippen molar-refractivity contribution in [1.82, 2.24) is 10.6 Å². The van der Waals surface area contributed by atoms with Crippen molar-refractivity contribution in [3.63, 3.8) is 0 Å². The molecular formula is C16H28N2O5. The van der Waals surface area contributed by atoms with Crippen LogP contribution in [0.2, 0.25) is 0 Å². The average molecular weight is 328 g/mol. The minimum Gasteiger partial charge on any atom is -0.452 e. The number of alkyl carbamates (subject to hydrolysis) is 1. The van der Waals surface area contributed by atoms with Crippen LogP contribution >= 0.6 is 0 Å². The van der Waals surface area contributed by atoms with Gasteiger partial charge in [-0.1, -0.05) is 12.8 Å². The van der Waals surface area contributed by atoms with Crippen molar-refractivity contribution >= 4 is 18.0 Å². The smallest absolute Gasteiger partial charge is 0.407 e. The van der Waals surface area contributed by atoms with Gasteiger partial charge in [0.05, 0.1) is 6.42 Å². The third kappa shape index (κ3) is 8.42. The fourth-order valence-corrected chi connectivity index (χ4v) is 2.28. The van der Waals surface area contributed by atoms with E-state index in [0.29, 0.717) is 0 Å². The first-order valence-corrected chi connectivity index (χ1v) is 8.14. The van der Waals surface area contributed by atoms with E-state index in [1.165, 1.54) is 0 Å². The predicted octanol–water partition coefficient (Wildman–Crippen LogP) is 1.89. The first-order valence-electron chi connectivity index (χ1n) is 8.14. The molecule has 0 unspecified atom stereocenters. The van der Waals surface area contributed by atoms with Crippen LogP contribution in [0, 0.1) is 0 Å². The second-order valence-corrected chi connectivity index (χ2v) is 6.80. The molecule has 0 spiro atoms. The molecule has 0 aliphatic heterocycles. The summed E-state index contributed by atoms with van der Waals surface area (Å²) in [6.07, 6.45) is 2.77. The first-order chi connectivity index (χ1) is 10.7. The van der Waals surface area contributed by atoms with Crippen LogP contribution < -0.4 is 10.6 Å². The lowest BCUT2D eigenvalue weighted by atomic mass is 10.2. The molecule has 0 radical (unpaired) electrons. The van der Waals surface area contributed by atoms with E-state index in [-0.39, 0.29) is 24.9 Å². The minimum atomic E-state index is -0.829. The summed E-state index contributed by atoms with van der Waals surface area (Å²) in [6, 6.07) is 0.192. The van der Waals surface area contributed by atoms with Gasteiger partial charge in [0.2, 0.25) is 0 Å². The van der Waals surface area contributed by atoms with E-state index in [4.69, 9.17) is 9.47 Å². The highest BCUT2D eigenvalue weighted by molar-refractivity contribution is 5.83. The van der Waals surface area contributed by atoms with Crippen LogP contribution in [0.25, 0.3) is 0 Å². The Kier molecular flexibility index (Phi) is 7.32. The van der Waals surface area contributed by atoms with Crippen molar-refractivity contribution in [2.24, 2.45) is 0 Å². The molecule has 0 bridgehead atoms. The first kappa shape index (κ1) is 19.3. The third-order valence-corrected chi connectivity index (χ3v) is 3.38. The lowest BCUT2D eigenvalue weighted by Crippen LogP contribution is -2.41. The van der Waals surface area contributed by atoms with E-state index in [0.717, 1.165) is 25.7 Å². The molecule has 0 aromatic carbocycles. The Bertz CT molecular complexity index is 425. The summed E-state index contributed by atoms with van der Waals surface area (Å²) in [6.45, 7) is 6.91. The molecule has 7 heteroatoms. The predicted molar refractivity (Wildman–Crippen MR) is 84.8 cm³/mol. The van der Waals surface area contributed by atoms with Crippen molar-refractivity contribution < 1.29 is 23.9 Å². The molecule has 1 atom stereocenters. The molecule has 132 valence electrons. The molecule has 2 amide bonds. The van der Waals surface area contributed by atoms with Crippen molar-refractivity contribution in [2.45, 2.75) is 77.5 Å². The highest BCUT2D eigenvalue weighted by Crippen LogP contribution is 2.17. The number of hydrogen-bond acceptors (Lipinski definition) is 5. The fourth-order valence-electron chi connectivity index (χ4n) is 2.28. The maximum absolute atomic E-state index is 11.9. The molecule has 1 aliphatic carbocycles. The van der Waals surface area contributed by atoms with E-state index >= 15 is 0 Å². The quantitative estimate of drug-likeness (QED) is 0.726. The van der Waals surface area contributed by atoms with Crippen molar-refractivity contribution in [2.75, 3.05) is 6.54 Å². The number of carbonyl (C=O) groups excluding carboxylic acids is 3. The van der Waals surface area contributed by atoms with E-state index in [1.807, 2.05) is 0 Å². The second kappa shape index (κ2) is 8.74. The topological polar surface area (TPSA) is 93.7 Å². The highest BCUT2D eigenvalue weighted by Gasteiger charge is 2.23. The summed E-state index contributed by atoms with van der Waals surface area (Å²) in [5, 5.41) is 5.35. The zero-order valence-electron chi connectivity index (χ0n) is 14.4. The molecule has 2 N–H and O–H groups in total. The van der Waals surface area contributed by atoms with Gasteiger partial charge in [-0.05, 0) is 40.5 Å². The van der Waals surface area contributed by atoms with Crippen molar-refractivity contribution in [1.29, 1.82) is 0 Å². The van der Waals surface area contributed by atoms with Crippen molar-refractivity contribution in [3.8, 4) is 0 Å². The lowest BCUT2D eigenvalue weighted by Gasteiger charge is -2.19. The van der Waals surface area contributed by atoms with Gasteiger partial charge in [0.15, 0.2) is 6.10 Å². The van der Waals surface area contributed by atoms with Crippen LogP contribution in [0.15, 0.2) is 0 Å². The van der Waals surface area contributed by atoms with Gasteiger partial charge in [-0.15, -0.1) is 0 Å². The number of amides is 2. The maximum atomic E-state index is 11.9. The summed E-state index contributed by atoms with van der Waals surface area (Å²) in [5.41, 5.74) is -0.586. The summed E-state index contributed by atoms with van der Waals surface area (Å²) in [4.78, 5) is 35.0. The SMILES string of the molecule is C[C@H](OC(=O)CCNC(=O)OC(C)(C)C)C(=O)NC1CCCC1. The molecule has 1 aliphatic rings. The molecule has 1 rings (SSSR count). The zero-order valence-corrected chi connectivity index (χ0v) is 14.4. The number of nitrogens with one attached hydrogen (secondary N) is 2. The molecule has 0 aromatic heterocycles. The van der Waals surface area contributed by atoms with Gasteiger partial charge in [-0.25, -0.2) is 4.79 Å². The van der Waals surface area contributed by atoms with E-state index < -0.39 is 23.8 Å². The normalized spacial score (nSPS) is 16.5. The molecule has 1 saturated carbocycles. The van der Waals surface area contributed by atoms with Gasteiger partial charge in [-0.3, -0.25) is 9.59 Å². The second-order valence-electron chi connectivity index (χ2n) is 6.80. The average Bonchev–Trinajstić information content (AvgIpc) is 2.89. The molecule has 7 nitrogen and oxygen atoms in total. The van der Waals surface area contributed by atoms with Gasteiger partial charge in [-0.2, -0.15) is 0 Å². The molecule has 23 heavy (non-hydrogen) atoms. The highest BCUT2D eigenvalue weighted by atomic mass is 16.6. The molecule has 0 saturated heterocycles. The molecule has 0 heterocycles. The van der Waals surface area contributed by atoms with E-state index in [2.05, 4.69) is 10.6 Å². The van der Waals surface area contributed by atoms with Gasteiger partial charge >= 0.3 is 12.1 Å². The van der Waals surface area contributed by atoms with Gasteiger partial charge in [0, 0.05) is 12.6 Å². The zero-order chi connectivity index (χ0) is 17.5. The number of hydrogen-bond donors (Lipinski definition) is 2. The summed E-state index contributed by atoms with van der Waals surface area (Å²) >= 11 is 0. The Morgan fingerprint density at radius 3 is 2.35 bits per heavy atom. The maximum Gasteiger partial charge on any atom is 0.407 e. The number of rotatable bonds is 6. The fraction of sp³-hybridized carbons (Fsp3) is 0.812. The molecule has 0 aromatic rings. The number of ether oxygens (including phenoxy) is 2. The Balaban J connectivity index is 2.19. The third-order valence-electron chi connectivity index (χ3n) is 3.38. The standard InChI is InChI=1S/C16H28N2O5/c1-11(14(20)18-12-7-5-6-8-12)22-13(19)9-10-17-15(21)23-16(2,3)4/h11-12H,5-10H2,1-4H3,(H,17,21)(H,18,20)/t11-/m0/s1. The van der Waals surface area contributed by atoms with Crippen LogP contribution in [-0.4, -0.2) is 42.3 Å². The van der Waals surface area contributed by atoms with Crippen LogP contribution in [0.3, 0.4) is 0 Å². The van der Waals surface area contributed by atoms with Crippen LogP contribution in [0.5, 0.6) is 0 Å². The van der Waals surface area contributed by atoms with Gasteiger partial charge in [0.1, 0.15) is 5.60 Å². The van der Waals surface area contributed by atoms with Crippen LogP contribution in [0.1, 0.15) is 59.8 Å². The monoisotopic (exact) mass is 328 g/mol. The summed E-state index contributed by atoms with van der Waals surface area (Å²) in [5.74, 6) is -0.805. The van der Waals surface area contributed by atoms with Crippen molar-refractivity contribution in [3.05, 3.63) is 0 Å². The Morgan fingerprint density at radius 1 is 1.17 bits per heavy atom. The van der Waals surface area contributed by atoms with E-state index in [1.54, 1.807) is 27.7 Å². The van der Waals surface area contributed by atoms with E-state index in [9.17, 15) is 14.4 Å². The number of esters is 1. The lowest BCUT2D eigenvalue weighted by molar-refractivity contribution is -0.154. The Labute approximate surface area is 137 Å². The largest absolute Gasteiger partial charge is 0.452 e. The van der Waals surface area contributed by atoms with Crippen LogP contribution in [-0.2, 0) is 19.1 Å². The minimum absolute atomic E-state index is 0.0136. The van der Waals surface area contributed by atoms with Crippen LogP contribution in [0.4, 0.5) is 4.79 Å². The Morgan fingerprint density at radius 2 is 1.78 bits per heavy atom. The summed E-state index contributed by atoms with van der Waals surface area (Å²) in [7, 11) is 0. The molecular weight excluding hydrogens is 300 g/mol. The Hall–Kier alpha value is -1.79. The summed E-state index contributed by atoms with van der Waals surface area (Å²) < 4.78 is 10.1.